The Kier molecular flexibility index (Phi) is 12.8. The highest BCUT2D eigenvalue weighted by molar-refractivity contribution is 6.09. The first-order chi connectivity index (χ1) is 27.1. The van der Waals surface area contributed by atoms with Gasteiger partial charge in [0.1, 0.15) is 11.5 Å². The Hall–Kier alpha value is -6.02. The summed E-state index contributed by atoms with van der Waals surface area (Å²) in [6.07, 6.45) is 3.43. The van der Waals surface area contributed by atoms with Gasteiger partial charge in [0, 0.05) is 44.8 Å². The molecule has 0 unspecified atom stereocenters. The van der Waals surface area contributed by atoms with Crippen molar-refractivity contribution in [3.8, 4) is 11.5 Å². The zero-order chi connectivity index (χ0) is 42.5. The summed E-state index contributed by atoms with van der Waals surface area (Å²) < 4.78 is 0. The van der Waals surface area contributed by atoms with E-state index in [2.05, 4.69) is 114 Å². The third-order valence-electron chi connectivity index (χ3n) is 9.74. The summed E-state index contributed by atoms with van der Waals surface area (Å²) in [6, 6.07) is 35.6. The predicted octanol–water partition coefficient (Wildman–Crippen LogP) is 12.1. The molecule has 0 atom stereocenters. The van der Waals surface area contributed by atoms with Crippen molar-refractivity contribution in [1.29, 1.82) is 0 Å². The van der Waals surface area contributed by atoms with Gasteiger partial charge < -0.3 is 20.8 Å². The average Bonchev–Trinajstić information content (AvgIpc) is 3.14. The number of nitrogens with one attached hydrogen (secondary N) is 2. The summed E-state index contributed by atoms with van der Waals surface area (Å²) in [5.74, 6) is 1.76. The van der Waals surface area contributed by atoms with Crippen LogP contribution in [0.15, 0.2) is 130 Å². The molecular formula is C50H60N6O2. The van der Waals surface area contributed by atoms with Crippen molar-refractivity contribution in [3.05, 3.63) is 154 Å². The molecule has 5 aromatic rings. The molecule has 8 heteroatoms. The molecular weight excluding hydrogens is 717 g/mol. The van der Waals surface area contributed by atoms with Crippen LogP contribution >= 0.6 is 0 Å². The quantitative estimate of drug-likeness (QED) is 0.0713. The number of benzene rings is 5. The largest absolute Gasteiger partial charge is 0.507 e. The summed E-state index contributed by atoms with van der Waals surface area (Å²) in [4.78, 5) is 0. The number of anilines is 2. The van der Waals surface area contributed by atoms with Crippen LogP contribution < -0.4 is 10.6 Å². The maximum atomic E-state index is 11.4. The average molecular weight is 777 g/mol. The van der Waals surface area contributed by atoms with Gasteiger partial charge in [0.05, 0.1) is 12.4 Å². The first kappa shape index (κ1) is 43.1. The first-order valence-electron chi connectivity index (χ1n) is 19.8. The molecule has 0 radical (unpaired) electrons. The molecule has 302 valence electrons. The summed E-state index contributed by atoms with van der Waals surface area (Å²) in [6.45, 7) is 25.2. The molecule has 0 heterocycles. The summed E-state index contributed by atoms with van der Waals surface area (Å²) in [5.41, 5.74) is 7.34. The van der Waals surface area contributed by atoms with E-state index in [9.17, 15) is 10.2 Å². The van der Waals surface area contributed by atoms with Gasteiger partial charge in [-0.3, -0.25) is 0 Å². The van der Waals surface area contributed by atoms with Gasteiger partial charge in [-0.1, -0.05) is 144 Å². The zero-order valence-electron chi connectivity index (χ0n) is 36.2. The Morgan fingerprint density at radius 3 is 0.966 bits per heavy atom. The molecule has 4 N–H and O–H groups in total. The molecule has 0 aliphatic heterocycles. The molecule has 58 heavy (non-hydrogen) atoms. The van der Waals surface area contributed by atoms with E-state index in [4.69, 9.17) is 0 Å². The van der Waals surface area contributed by atoms with E-state index in [0.29, 0.717) is 23.2 Å². The van der Waals surface area contributed by atoms with Gasteiger partial charge in [-0.05, 0) is 81.3 Å². The highest BCUT2D eigenvalue weighted by atomic mass is 16.3. The monoisotopic (exact) mass is 776 g/mol. The Morgan fingerprint density at radius 1 is 0.431 bits per heavy atom. The van der Waals surface area contributed by atoms with Gasteiger partial charge in [0.15, 0.2) is 11.7 Å². The highest BCUT2D eigenvalue weighted by Crippen LogP contribution is 2.41. The molecule has 5 aromatic carbocycles. The molecule has 0 aromatic heterocycles. The third kappa shape index (κ3) is 11.1. The van der Waals surface area contributed by atoms with E-state index in [1.165, 1.54) is 0 Å². The molecule has 0 saturated carbocycles. The number of rotatable bonds is 8. The van der Waals surface area contributed by atoms with E-state index in [1.54, 1.807) is 12.4 Å². The molecule has 0 spiro atoms. The number of hydrogen-bond acceptors (Lipinski definition) is 6. The second-order valence-corrected chi connectivity index (χ2v) is 18.9. The van der Waals surface area contributed by atoms with Crippen molar-refractivity contribution in [2.75, 3.05) is 10.6 Å². The van der Waals surface area contributed by atoms with Crippen molar-refractivity contribution < 1.29 is 10.2 Å². The topological polar surface area (TPSA) is 114 Å². The molecule has 0 aliphatic rings. The highest BCUT2D eigenvalue weighted by Gasteiger charge is 2.29. The SMILES string of the molecule is CC(C)(C)c1cc(C(=NN=Cc2ccc(C=NN=C(Nc3ccccc3)c3cc(C(C)(C)C)c(O)c(C(C)(C)C)c3)cc2)Nc2ccccc2)cc(C(C)(C)C)c1O. The number of hydrogen-bond donors (Lipinski definition) is 4. The minimum absolute atomic E-state index is 0.297. The van der Waals surface area contributed by atoms with Crippen LogP contribution in [0.2, 0.25) is 0 Å². The predicted molar refractivity (Wildman–Crippen MR) is 246 cm³/mol. The third-order valence-corrected chi connectivity index (χ3v) is 9.74. The molecule has 0 saturated heterocycles. The Morgan fingerprint density at radius 2 is 0.707 bits per heavy atom. The van der Waals surface area contributed by atoms with Crippen molar-refractivity contribution in [2.24, 2.45) is 20.4 Å². The van der Waals surface area contributed by atoms with E-state index in [1.807, 2.05) is 109 Å². The minimum atomic E-state index is -0.297. The van der Waals surface area contributed by atoms with Crippen LogP contribution in [-0.2, 0) is 21.7 Å². The Bertz CT molecular complexity index is 2080. The summed E-state index contributed by atoms with van der Waals surface area (Å²) in [5, 5.41) is 48.1. The molecule has 0 fully saturated rings. The number of aromatic hydroxyl groups is 2. The zero-order valence-corrected chi connectivity index (χ0v) is 36.2. The molecule has 0 amide bonds. The van der Waals surface area contributed by atoms with Gasteiger partial charge in [-0.25, -0.2) is 0 Å². The summed E-state index contributed by atoms with van der Waals surface area (Å²) >= 11 is 0. The normalized spacial score (nSPS) is 13.4. The van der Waals surface area contributed by atoms with Gasteiger partial charge >= 0.3 is 0 Å². The van der Waals surface area contributed by atoms with Crippen LogP contribution in [0.4, 0.5) is 11.4 Å². The van der Waals surface area contributed by atoms with E-state index >= 15 is 0 Å². The van der Waals surface area contributed by atoms with Crippen LogP contribution in [0.25, 0.3) is 0 Å². The van der Waals surface area contributed by atoms with Crippen molar-refractivity contribution in [2.45, 2.75) is 105 Å². The van der Waals surface area contributed by atoms with Gasteiger partial charge in [0.2, 0.25) is 0 Å². The fraction of sp³-hybridized carbons (Fsp3) is 0.320. The number of amidine groups is 2. The maximum absolute atomic E-state index is 11.4. The Labute approximate surface area is 345 Å². The molecule has 5 rings (SSSR count). The first-order valence-corrected chi connectivity index (χ1v) is 19.8. The lowest BCUT2D eigenvalue weighted by Crippen LogP contribution is -2.21. The van der Waals surface area contributed by atoms with E-state index < -0.39 is 0 Å². The standard InChI is InChI=1S/C50H60N6O2/c1-47(2,3)39-27-35(28-40(43(39)57)48(4,5)6)45(53-37-19-15-13-16-20-37)55-51-31-33-23-25-34(26-24-33)32-52-56-46(54-38-21-17-14-18-22-38)36-29-41(49(7,8)9)44(58)42(30-36)50(10,11)12/h13-32,57-58H,1-12H3,(H,53,55)(H,54,56). The van der Waals surface area contributed by atoms with Crippen LogP contribution in [-0.4, -0.2) is 34.3 Å². The lowest BCUT2D eigenvalue weighted by molar-refractivity contribution is 0.422. The fourth-order valence-corrected chi connectivity index (χ4v) is 6.43. The summed E-state index contributed by atoms with van der Waals surface area (Å²) in [7, 11) is 0. The van der Waals surface area contributed by atoms with Crippen molar-refractivity contribution in [3.63, 3.8) is 0 Å². The smallest absolute Gasteiger partial charge is 0.160 e. The molecule has 0 aliphatic carbocycles. The van der Waals surface area contributed by atoms with Gasteiger partial charge in [-0.2, -0.15) is 10.2 Å². The maximum Gasteiger partial charge on any atom is 0.160 e. The van der Waals surface area contributed by atoms with Crippen molar-refractivity contribution in [1.82, 2.24) is 0 Å². The second-order valence-electron chi connectivity index (χ2n) is 18.9. The molecule has 0 bridgehead atoms. The van der Waals surface area contributed by atoms with E-state index in [-0.39, 0.29) is 21.7 Å². The Balaban J connectivity index is 1.47. The minimum Gasteiger partial charge on any atom is -0.507 e. The number of phenols is 2. The van der Waals surface area contributed by atoms with E-state index in [0.717, 1.165) is 55.9 Å². The van der Waals surface area contributed by atoms with Crippen LogP contribution in [0.1, 0.15) is 128 Å². The second kappa shape index (κ2) is 17.2. The molecule has 8 nitrogen and oxygen atoms in total. The number of nitrogens with zero attached hydrogens (tertiary/aromatic N) is 4. The van der Waals surface area contributed by atoms with Crippen LogP contribution in [0.5, 0.6) is 11.5 Å². The van der Waals surface area contributed by atoms with Gasteiger partial charge in [-0.15, -0.1) is 10.2 Å². The van der Waals surface area contributed by atoms with Crippen LogP contribution in [0, 0.1) is 0 Å². The van der Waals surface area contributed by atoms with Gasteiger partial charge in [0.25, 0.3) is 0 Å². The number of phenolic OH excluding ortho intramolecular Hbond substituents is 2. The lowest BCUT2D eigenvalue weighted by Gasteiger charge is -2.28. The van der Waals surface area contributed by atoms with Crippen molar-refractivity contribution >= 4 is 35.5 Å². The number of para-hydroxylation sites is 2. The lowest BCUT2D eigenvalue weighted by atomic mass is 9.78. The van der Waals surface area contributed by atoms with Crippen LogP contribution in [0.3, 0.4) is 0 Å². The fourth-order valence-electron chi connectivity index (χ4n) is 6.43.